The molecule has 1 amide bonds. The van der Waals surface area contributed by atoms with Crippen molar-refractivity contribution in [1.29, 1.82) is 0 Å². The van der Waals surface area contributed by atoms with Gasteiger partial charge in [-0.15, -0.1) is 0 Å². The molecule has 0 bridgehead atoms. The average molecular weight is 288 g/mol. The minimum atomic E-state index is -0.469. The lowest BCUT2D eigenvalue weighted by Crippen LogP contribution is -2.14. The van der Waals surface area contributed by atoms with Crippen molar-refractivity contribution in [3.05, 3.63) is 51.7 Å². The quantitative estimate of drug-likeness (QED) is 0.629. The second-order valence-electron chi connectivity index (χ2n) is 4.68. The van der Waals surface area contributed by atoms with Gasteiger partial charge in [-0.25, -0.2) is 0 Å². The summed E-state index contributed by atoms with van der Waals surface area (Å²) in [6.45, 7) is 2.06. The van der Waals surface area contributed by atoms with Gasteiger partial charge in [0.25, 0.3) is 5.69 Å². The highest BCUT2D eigenvalue weighted by Gasteiger charge is 2.09. The van der Waals surface area contributed by atoms with E-state index >= 15 is 0 Å². The van der Waals surface area contributed by atoms with Crippen LogP contribution in [0.5, 0.6) is 0 Å². The van der Waals surface area contributed by atoms with Gasteiger partial charge in [0.2, 0.25) is 5.91 Å². The van der Waals surface area contributed by atoms with Gasteiger partial charge < -0.3 is 5.32 Å². The van der Waals surface area contributed by atoms with Gasteiger partial charge in [0, 0.05) is 23.9 Å². The standard InChI is InChI=1S/C14H16N4O3/c1-2-3-11-9-13(17-16-11)15-14(19)8-10-4-6-12(7-5-10)18(20)21/h4-7,9H,2-3,8H2,1H3,(H2,15,16,17,19). The highest BCUT2D eigenvalue weighted by molar-refractivity contribution is 5.91. The predicted molar refractivity (Wildman–Crippen MR) is 78.0 cm³/mol. The van der Waals surface area contributed by atoms with Crippen LogP contribution in [0.2, 0.25) is 0 Å². The topological polar surface area (TPSA) is 101 Å². The third kappa shape index (κ3) is 4.13. The van der Waals surface area contributed by atoms with Gasteiger partial charge in [0.1, 0.15) is 0 Å². The molecule has 21 heavy (non-hydrogen) atoms. The predicted octanol–water partition coefficient (Wildman–Crippen LogP) is 2.45. The minimum Gasteiger partial charge on any atom is -0.309 e. The maximum absolute atomic E-state index is 11.9. The van der Waals surface area contributed by atoms with Gasteiger partial charge in [-0.3, -0.25) is 20.0 Å². The number of nitrogens with zero attached hydrogens (tertiary/aromatic N) is 2. The van der Waals surface area contributed by atoms with Gasteiger partial charge >= 0.3 is 0 Å². The summed E-state index contributed by atoms with van der Waals surface area (Å²) >= 11 is 0. The molecule has 0 aliphatic rings. The Hall–Kier alpha value is -2.70. The maximum atomic E-state index is 11.9. The summed E-state index contributed by atoms with van der Waals surface area (Å²) in [4.78, 5) is 21.9. The molecule has 0 saturated carbocycles. The fourth-order valence-corrected chi connectivity index (χ4v) is 1.93. The van der Waals surface area contributed by atoms with Gasteiger partial charge in [0.15, 0.2) is 5.82 Å². The van der Waals surface area contributed by atoms with Gasteiger partial charge in [-0.1, -0.05) is 25.5 Å². The van der Waals surface area contributed by atoms with Crippen LogP contribution in [0, 0.1) is 10.1 Å². The molecule has 0 fully saturated rings. The summed E-state index contributed by atoms with van der Waals surface area (Å²) in [5, 5.41) is 20.1. The first-order valence-electron chi connectivity index (χ1n) is 6.66. The molecule has 7 nitrogen and oxygen atoms in total. The van der Waals surface area contributed by atoms with Crippen molar-refractivity contribution in [3.63, 3.8) is 0 Å². The Morgan fingerprint density at radius 1 is 1.38 bits per heavy atom. The molecule has 2 rings (SSSR count). The fourth-order valence-electron chi connectivity index (χ4n) is 1.93. The van der Waals surface area contributed by atoms with Crippen molar-refractivity contribution in [2.45, 2.75) is 26.2 Å². The monoisotopic (exact) mass is 288 g/mol. The van der Waals surface area contributed by atoms with Crippen LogP contribution in [0.1, 0.15) is 24.6 Å². The molecule has 0 unspecified atom stereocenters. The van der Waals surface area contributed by atoms with Crippen LogP contribution in [0.4, 0.5) is 11.5 Å². The molecule has 0 saturated heterocycles. The number of aromatic amines is 1. The number of aryl methyl sites for hydroxylation is 1. The summed E-state index contributed by atoms with van der Waals surface area (Å²) in [5.41, 5.74) is 1.70. The van der Waals surface area contributed by atoms with Crippen LogP contribution in [-0.4, -0.2) is 21.0 Å². The first kappa shape index (κ1) is 14.7. The zero-order valence-corrected chi connectivity index (χ0v) is 11.6. The van der Waals surface area contributed by atoms with Crippen LogP contribution >= 0.6 is 0 Å². The van der Waals surface area contributed by atoms with Crippen molar-refractivity contribution in [3.8, 4) is 0 Å². The van der Waals surface area contributed by atoms with E-state index in [-0.39, 0.29) is 18.0 Å². The van der Waals surface area contributed by atoms with Crippen LogP contribution in [0.25, 0.3) is 0 Å². The molecule has 0 aliphatic heterocycles. The SMILES string of the molecule is CCCc1cc(NC(=O)Cc2ccc([N+](=O)[O-])cc2)n[nH]1. The Morgan fingerprint density at radius 2 is 2.10 bits per heavy atom. The van der Waals surface area contributed by atoms with E-state index in [1.807, 2.05) is 0 Å². The van der Waals surface area contributed by atoms with E-state index < -0.39 is 4.92 Å². The van der Waals surface area contributed by atoms with Crippen molar-refractivity contribution < 1.29 is 9.72 Å². The molecular formula is C14H16N4O3. The van der Waals surface area contributed by atoms with E-state index in [1.165, 1.54) is 12.1 Å². The van der Waals surface area contributed by atoms with Crippen LogP contribution in [0.15, 0.2) is 30.3 Å². The summed E-state index contributed by atoms with van der Waals surface area (Å²) in [5.74, 6) is 0.281. The molecule has 0 atom stereocenters. The smallest absolute Gasteiger partial charge is 0.269 e. The Labute approximate surface area is 121 Å². The number of nitrogens with one attached hydrogen (secondary N) is 2. The summed E-state index contributed by atoms with van der Waals surface area (Å²) in [7, 11) is 0. The lowest BCUT2D eigenvalue weighted by atomic mass is 10.1. The molecule has 0 aliphatic carbocycles. The highest BCUT2D eigenvalue weighted by atomic mass is 16.6. The number of carbonyl (C=O) groups excluding carboxylic acids is 1. The molecular weight excluding hydrogens is 272 g/mol. The number of rotatable bonds is 6. The lowest BCUT2D eigenvalue weighted by molar-refractivity contribution is -0.384. The van der Waals surface area contributed by atoms with Crippen LogP contribution < -0.4 is 5.32 Å². The lowest BCUT2D eigenvalue weighted by Gasteiger charge is -2.02. The molecule has 1 aromatic carbocycles. The molecule has 0 spiro atoms. The van der Waals surface area contributed by atoms with Crippen molar-refractivity contribution in [2.24, 2.45) is 0 Å². The molecule has 2 N–H and O–H groups in total. The second-order valence-corrected chi connectivity index (χ2v) is 4.68. The minimum absolute atomic E-state index is 0.00988. The first-order valence-corrected chi connectivity index (χ1v) is 6.66. The summed E-state index contributed by atoms with van der Waals surface area (Å²) in [6, 6.07) is 7.72. The molecule has 2 aromatic rings. The average Bonchev–Trinajstić information content (AvgIpc) is 2.87. The third-order valence-electron chi connectivity index (χ3n) is 2.93. The number of nitro benzene ring substituents is 1. The van der Waals surface area contributed by atoms with Gasteiger partial charge in [0.05, 0.1) is 11.3 Å². The number of hydrogen-bond donors (Lipinski definition) is 2. The number of H-pyrrole nitrogens is 1. The number of carbonyl (C=O) groups is 1. The van der Waals surface area contributed by atoms with E-state index in [9.17, 15) is 14.9 Å². The van der Waals surface area contributed by atoms with Gasteiger partial charge in [-0.05, 0) is 12.0 Å². The van der Waals surface area contributed by atoms with Crippen LogP contribution in [0.3, 0.4) is 0 Å². The summed E-state index contributed by atoms with van der Waals surface area (Å²) < 4.78 is 0. The third-order valence-corrected chi connectivity index (χ3v) is 2.93. The number of non-ortho nitro benzene ring substituents is 1. The van der Waals surface area contributed by atoms with Gasteiger partial charge in [-0.2, -0.15) is 5.10 Å². The maximum Gasteiger partial charge on any atom is 0.269 e. The zero-order valence-electron chi connectivity index (χ0n) is 11.6. The van der Waals surface area contributed by atoms with Crippen LogP contribution in [-0.2, 0) is 17.6 Å². The normalized spacial score (nSPS) is 10.3. The van der Waals surface area contributed by atoms with Crippen molar-refractivity contribution >= 4 is 17.4 Å². The second kappa shape index (κ2) is 6.65. The molecule has 0 radical (unpaired) electrons. The molecule has 7 heteroatoms. The van der Waals surface area contributed by atoms with E-state index in [4.69, 9.17) is 0 Å². The zero-order chi connectivity index (χ0) is 15.2. The number of benzene rings is 1. The Morgan fingerprint density at radius 3 is 2.71 bits per heavy atom. The first-order chi connectivity index (χ1) is 10.1. The van der Waals surface area contributed by atoms with Crippen molar-refractivity contribution in [1.82, 2.24) is 10.2 Å². The van der Waals surface area contributed by atoms with E-state index in [1.54, 1.807) is 18.2 Å². The highest BCUT2D eigenvalue weighted by Crippen LogP contribution is 2.13. The number of anilines is 1. The number of amides is 1. The number of hydrogen-bond acceptors (Lipinski definition) is 4. The van der Waals surface area contributed by atoms with E-state index in [0.717, 1.165) is 18.5 Å². The Balaban J connectivity index is 1.92. The number of aromatic nitrogens is 2. The molecule has 1 heterocycles. The number of nitro groups is 1. The molecule has 1 aromatic heterocycles. The summed E-state index contributed by atoms with van der Waals surface area (Å²) in [6.07, 6.45) is 2.03. The fraction of sp³-hybridized carbons (Fsp3) is 0.286. The molecule has 110 valence electrons. The Bertz CT molecular complexity index is 634. The van der Waals surface area contributed by atoms with E-state index in [2.05, 4.69) is 22.4 Å². The largest absolute Gasteiger partial charge is 0.309 e. The van der Waals surface area contributed by atoms with E-state index in [0.29, 0.717) is 11.4 Å². The Kier molecular flexibility index (Phi) is 4.65. The van der Waals surface area contributed by atoms with Crippen molar-refractivity contribution in [2.75, 3.05) is 5.32 Å².